The van der Waals surface area contributed by atoms with Crippen molar-refractivity contribution in [2.45, 2.75) is 25.8 Å². The minimum atomic E-state index is 0.248. The fourth-order valence-electron chi connectivity index (χ4n) is 2.17. The fraction of sp³-hybridized carbons (Fsp3) is 0.294. The fourth-order valence-corrected chi connectivity index (χ4v) is 2.17. The standard InChI is InChI=1S/C17H21NO/c1-14(16-9-3-2-4-10-16)18-17-11-5-7-15(13-17)8-6-12-19/h2-5,7,9-11,13-14,18-19H,6,8,12H2,1H3. The minimum Gasteiger partial charge on any atom is -0.396 e. The topological polar surface area (TPSA) is 32.3 Å². The van der Waals surface area contributed by atoms with Crippen LogP contribution >= 0.6 is 0 Å². The highest BCUT2D eigenvalue weighted by Gasteiger charge is 2.04. The van der Waals surface area contributed by atoms with Gasteiger partial charge in [-0.05, 0) is 43.0 Å². The Kier molecular flexibility index (Phi) is 4.99. The molecule has 2 N–H and O–H groups in total. The number of nitrogens with one attached hydrogen (secondary N) is 1. The largest absolute Gasteiger partial charge is 0.396 e. The van der Waals surface area contributed by atoms with Crippen LogP contribution in [0, 0.1) is 0 Å². The Bertz CT molecular complexity index is 496. The van der Waals surface area contributed by atoms with Crippen LogP contribution in [0.5, 0.6) is 0 Å². The van der Waals surface area contributed by atoms with Crippen molar-refractivity contribution in [1.82, 2.24) is 0 Å². The molecule has 0 aliphatic carbocycles. The third-order valence-corrected chi connectivity index (χ3v) is 3.23. The van der Waals surface area contributed by atoms with Crippen LogP contribution < -0.4 is 5.32 Å². The van der Waals surface area contributed by atoms with Gasteiger partial charge >= 0.3 is 0 Å². The molecule has 0 fully saturated rings. The second-order valence-electron chi connectivity index (χ2n) is 4.80. The van der Waals surface area contributed by atoms with E-state index in [0.717, 1.165) is 18.5 Å². The molecule has 1 atom stereocenters. The number of benzene rings is 2. The molecule has 0 aliphatic rings. The van der Waals surface area contributed by atoms with E-state index in [-0.39, 0.29) is 12.6 Å². The predicted molar refractivity (Wildman–Crippen MR) is 80.3 cm³/mol. The van der Waals surface area contributed by atoms with Crippen LogP contribution in [0.4, 0.5) is 5.69 Å². The second-order valence-corrected chi connectivity index (χ2v) is 4.80. The van der Waals surface area contributed by atoms with Crippen molar-refractivity contribution in [2.24, 2.45) is 0 Å². The van der Waals surface area contributed by atoms with E-state index in [9.17, 15) is 0 Å². The maximum atomic E-state index is 8.88. The third-order valence-electron chi connectivity index (χ3n) is 3.23. The van der Waals surface area contributed by atoms with E-state index in [1.165, 1.54) is 11.1 Å². The number of hydrogen-bond acceptors (Lipinski definition) is 2. The Labute approximate surface area is 115 Å². The minimum absolute atomic E-state index is 0.248. The number of rotatable bonds is 6. The van der Waals surface area contributed by atoms with Crippen LogP contribution in [0.25, 0.3) is 0 Å². The average Bonchev–Trinajstić information content (AvgIpc) is 2.46. The van der Waals surface area contributed by atoms with E-state index < -0.39 is 0 Å². The van der Waals surface area contributed by atoms with Gasteiger partial charge in [0.25, 0.3) is 0 Å². The molecule has 0 radical (unpaired) electrons. The normalized spacial score (nSPS) is 12.1. The van der Waals surface area contributed by atoms with E-state index in [2.05, 4.69) is 60.8 Å². The molecular formula is C17H21NO. The highest BCUT2D eigenvalue weighted by Crippen LogP contribution is 2.20. The number of aliphatic hydroxyl groups excluding tert-OH is 1. The lowest BCUT2D eigenvalue weighted by Crippen LogP contribution is -2.06. The van der Waals surface area contributed by atoms with Crippen molar-refractivity contribution in [3.05, 3.63) is 65.7 Å². The molecule has 2 rings (SSSR count). The molecule has 2 heteroatoms. The summed E-state index contributed by atoms with van der Waals surface area (Å²) < 4.78 is 0. The van der Waals surface area contributed by atoms with Crippen molar-refractivity contribution in [3.63, 3.8) is 0 Å². The van der Waals surface area contributed by atoms with Crippen LogP contribution in [-0.2, 0) is 6.42 Å². The van der Waals surface area contributed by atoms with E-state index in [4.69, 9.17) is 5.11 Å². The van der Waals surface area contributed by atoms with Gasteiger partial charge in [0.15, 0.2) is 0 Å². The predicted octanol–water partition coefficient (Wildman–Crippen LogP) is 3.78. The smallest absolute Gasteiger partial charge is 0.0485 e. The van der Waals surface area contributed by atoms with Crippen molar-refractivity contribution < 1.29 is 5.11 Å². The summed E-state index contributed by atoms with van der Waals surface area (Å²) in [6.07, 6.45) is 1.74. The molecule has 2 nitrogen and oxygen atoms in total. The lowest BCUT2D eigenvalue weighted by atomic mass is 10.1. The molecule has 0 saturated carbocycles. The first-order chi connectivity index (χ1) is 9.29. The summed E-state index contributed by atoms with van der Waals surface area (Å²) in [6.45, 7) is 2.41. The summed E-state index contributed by atoms with van der Waals surface area (Å²) in [5.74, 6) is 0. The van der Waals surface area contributed by atoms with Crippen LogP contribution in [0.1, 0.15) is 30.5 Å². The van der Waals surface area contributed by atoms with Gasteiger partial charge in [-0.15, -0.1) is 0 Å². The van der Waals surface area contributed by atoms with Crippen molar-refractivity contribution in [2.75, 3.05) is 11.9 Å². The van der Waals surface area contributed by atoms with Gasteiger partial charge in [-0.3, -0.25) is 0 Å². The average molecular weight is 255 g/mol. The molecule has 100 valence electrons. The quantitative estimate of drug-likeness (QED) is 0.823. The zero-order valence-corrected chi connectivity index (χ0v) is 11.3. The molecule has 0 heterocycles. The van der Waals surface area contributed by atoms with Gasteiger partial charge in [0.05, 0.1) is 0 Å². The van der Waals surface area contributed by atoms with Crippen molar-refractivity contribution in [3.8, 4) is 0 Å². The molecular weight excluding hydrogens is 234 g/mol. The molecule has 2 aromatic carbocycles. The maximum Gasteiger partial charge on any atom is 0.0485 e. The Morgan fingerprint density at radius 3 is 2.58 bits per heavy atom. The van der Waals surface area contributed by atoms with Gasteiger partial charge in [0.1, 0.15) is 0 Å². The number of aliphatic hydroxyl groups is 1. The number of anilines is 1. The second kappa shape index (κ2) is 6.95. The monoisotopic (exact) mass is 255 g/mol. The Morgan fingerprint density at radius 1 is 1.05 bits per heavy atom. The summed E-state index contributed by atoms with van der Waals surface area (Å²) in [5.41, 5.74) is 3.68. The Morgan fingerprint density at radius 2 is 1.84 bits per heavy atom. The molecule has 0 amide bonds. The molecule has 0 saturated heterocycles. The van der Waals surface area contributed by atoms with Gasteiger partial charge in [0, 0.05) is 18.3 Å². The van der Waals surface area contributed by atoms with Crippen LogP contribution in [-0.4, -0.2) is 11.7 Å². The summed E-state index contributed by atoms with van der Waals surface area (Å²) in [5, 5.41) is 12.4. The zero-order chi connectivity index (χ0) is 13.5. The van der Waals surface area contributed by atoms with Crippen LogP contribution in [0.2, 0.25) is 0 Å². The summed E-state index contributed by atoms with van der Waals surface area (Å²) in [6, 6.07) is 19.1. The number of aryl methyl sites for hydroxylation is 1. The van der Waals surface area contributed by atoms with Gasteiger partial charge in [-0.2, -0.15) is 0 Å². The summed E-state index contributed by atoms with van der Waals surface area (Å²) in [7, 11) is 0. The molecule has 19 heavy (non-hydrogen) atoms. The SMILES string of the molecule is CC(Nc1cccc(CCCO)c1)c1ccccc1. The molecule has 1 unspecified atom stereocenters. The molecule has 2 aromatic rings. The van der Waals surface area contributed by atoms with Gasteiger partial charge in [-0.25, -0.2) is 0 Å². The Hall–Kier alpha value is -1.80. The molecule has 0 bridgehead atoms. The first-order valence-corrected chi connectivity index (χ1v) is 6.81. The zero-order valence-electron chi connectivity index (χ0n) is 11.3. The highest BCUT2D eigenvalue weighted by molar-refractivity contribution is 5.47. The van der Waals surface area contributed by atoms with Gasteiger partial charge in [-0.1, -0.05) is 42.5 Å². The lowest BCUT2D eigenvalue weighted by Gasteiger charge is -2.16. The Balaban J connectivity index is 2.02. The first-order valence-electron chi connectivity index (χ1n) is 6.81. The summed E-state index contributed by atoms with van der Waals surface area (Å²) >= 11 is 0. The van der Waals surface area contributed by atoms with Crippen molar-refractivity contribution >= 4 is 5.69 Å². The van der Waals surface area contributed by atoms with E-state index in [1.807, 2.05) is 6.07 Å². The van der Waals surface area contributed by atoms with Crippen LogP contribution in [0.15, 0.2) is 54.6 Å². The van der Waals surface area contributed by atoms with Gasteiger partial charge in [0.2, 0.25) is 0 Å². The van der Waals surface area contributed by atoms with Gasteiger partial charge < -0.3 is 10.4 Å². The first kappa shape index (κ1) is 13.6. The molecule has 0 aliphatic heterocycles. The van der Waals surface area contributed by atoms with Crippen molar-refractivity contribution in [1.29, 1.82) is 0 Å². The number of hydrogen-bond donors (Lipinski definition) is 2. The van der Waals surface area contributed by atoms with E-state index >= 15 is 0 Å². The van der Waals surface area contributed by atoms with Crippen LogP contribution in [0.3, 0.4) is 0 Å². The highest BCUT2D eigenvalue weighted by atomic mass is 16.2. The van der Waals surface area contributed by atoms with E-state index in [0.29, 0.717) is 0 Å². The van der Waals surface area contributed by atoms with E-state index in [1.54, 1.807) is 0 Å². The lowest BCUT2D eigenvalue weighted by molar-refractivity contribution is 0.288. The third kappa shape index (κ3) is 4.11. The molecule has 0 aromatic heterocycles. The molecule has 0 spiro atoms. The summed E-state index contributed by atoms with van der Waals surface area (Å²) in [4.78, 5) is 0. The maximum absolute atomic E-state index is 8.88.